The number of carbonyl (C=O) groups is 1. The lowest BCUT2D eigenvalue weighted by atomic mass is 10.00. The number of hydrogen-bond donors (Lipinski definition) is 2. The Hall–Kier alpha value is -3.64. The Labute approximate surface area is 167 Å². The van der Waals surface area contributed by atoms with Crippen molar-refractivity contribution >= 4 is 17.1 Å². The molecule has 0 amide bonds. The number of para-hydroxylation sites is 1. The number of hydrogen-bond acceptors (Lipinski definition) is 5. The van der Waals surface area contributed by atoms with Gasteiger partial charge < -0.3 is 20.0 Å². The Balaban J connectivity index is 1.67. The summed E-state index contributed by atoms with van der Waals surface area (Å²) in [4.78, 5) is 15.4. The Morgan fingerprint density at radius 3 is 2.76 bits per heavy atom. The maximum atomic E-state index is 11.1. The molecule has 3 aromatic carbocycles. The normalized spacial score (nSPS) is 10.9. The quantitative estimate of drug-likeness (QED) is 0.493. The summed E-state index contributed by atoms with van der Waals surface area (Å²) < 4.78 is 11.6. The SMILES string of the molecule is NCc1cccc(-c2cc(COc3ccccc3CC(=O)O)cc3ncoc23)c1. The van der Waals surface area contributed by atoms with Crippen molar-refractivity contribution in [3.05, 3.63) is 83.7 Å². The van der Waals surface area contributed by atoms with Gasteiger partial charge in [-0.2, -0.15) is 0 Å². The van der Waals surface area contributed by atoms with Crippen molar-refractivity contribution in [2.45, 2.75) is 19.6 Å². The molecule has 0 spiro atoms. The number of carboxylic acid groups (broad SMARTS) is 1. The molecule has 0 unspecified atom stereocenters. The Morgan fingerprint density at radius 2 is 1.93 bits per heavy atom. The highest BCUT2D eigenvalue weighted by atomic mass is 16.5. The van der Waals surface area contributed by atoms with Crippen LogP contribution in [-0.2, 0) is 24.4 Å². The second-order valence-corrected chi connectivity index (χ2v) is 6.72. The van der Waals surface area contributed by atoms with Crippen molar-refractivity contribution in [3.63, 3.8) is 0 Å². The second kappa shape index (κ2) is 8.16. The minimum Gasteiger partial charge on any atom is -0.489 e. The van der Waals surface area contributed by atoms with Gasteiger partial charge in [-0.25, -0.2) is 4.98 Å². The first kappa shape index (κ1) is 18.7. The van der Waals surface area contributed by atoms with Gasteiger partial charge >= 0.3 is 5.97 Å². The lowest BCUT2D eigenvalue weighted by Crippen LogP contribution is -2.04. The van der Waals surface area contributed by atoms with Crippen LogP contribution in [0.1, 0.15) is 16.7 Å². The maximum absolute atomic E-state index is 11.1. The molecule has 0 radical (unpaired) electrons. The predicted octanol–water partition coefficient (Wildman–Crippen LogP) is 4.16. The molecule has 0 fully saturated rings. The van der Waals surface area contributed by atoms with E-state index in [-0.39, 0.29) is 13.0 Å². The topological polar surface area (TPSA) is 98.6 Å². The molecule has 29 heavy (non-hydrogen) atoms. The molecule has 0 aliphatic carbocycles. The predicted molar refractivity (Wildman–Crippen MR) is 109 cm³/mol. The molecule has 1 heterocycles. The first-order valence-corrected chi connectivity index (χ1v) is 9.22. The Bertz CT molecular complexity index is 1170. The summed E-state index contributed by atoms with van der Waals surface area (Å²) in [7, 11) is 0. The number of carboxylic acids is 1. The third-order valence-corrected chi connectivity index (χ3v) is 4.67. The molecule has 0 bridgehead atoms. The average molecular weight is 388 g/mol. The number of fused-ring (bicyclic) bond motifs is 1. The smallest absolute Gasteiger partial charge is 0.307 e. The van der Waals surface area contributed by atoms with Crippen LogP contribution in [0, 0.1) is 0 Å². The summed E-state index contributed by atoms with van der Waals surface area (Å²) in [6.45, 7) is 0.736. The lowest BCUT2D eigenvalue weighted by molar-refractivity contribution is -0.136. The van der Waals surface area contributed by atoms with Crippen molar-refractivity contribution in [1.82, 2.24) is 4.98 Å². The van der Waals surface area contributed by atoms with Crippen molar-refractivity contribution in [2.75, 3.05) is 0 Å². The molecule has 0 saturated carbocycles. The third kappa shape index (κ3) is 4.12. The third-order valence-electron chi connectivity index (χ3n) is 4.67. The standard InChI is InChI=1S/C23H20N2O4/c24-12-15-4-3-6-17(8-15)19-9-16(10-20-23(19)29-14-25-20)13-28-21-7-2-1-5-18(21)11-22(26)27/h1-10,14H,11-13,24H2,(H,26,27). The maximum Gasteiger partial charge on any atom is 0.307 e. The number of oxazole rings is 1. The number of aromatic nitrogens is 1. The molecule has 0 aliphatic rings. The Kier molecular flexibility index (Phi) is 5.27. The van der Waals surface area contributed by atoms with Crippen LogP contribution in [0.2, 0.25) is 0 Å². The van der Waals surface area contributed by atoms with Crippen molar-refractivity contribution in [1.29, 1.82) is 0 Å². The summed E-state index contributed by atoms with van der Waals surface area (Å²) in [5, 5.41) is 9.09. The first-order chi connectivity index (χ1) is 14.1. The van der Waals surface area contributed by atoms with Crippen LogP contribution in [-0.4, -0.2) is 16.1 Å². The van der Waals surface area contributed by atoms with E-state index in [0.29, 0.717) is 23.4 Å². The van der Waals surface area contributed by atoms with Crippen LogP contribution < -0.4 is 10.5 Å². The zero-order valence-corrected chi connectivity index (χ0v) is 15.7. The summed E-state index contributed by atoms with van der Waals surface area (Å²) in [6, 6.07) is 19.1. The number of ether oxygens (including phenoxy) is 1. The van der Waals surface area contributed by atoms with Crippen molar-refractivity contribution < 1.29 is 19.1 Å². The number of benzene rings is 3. The van der Waals surface area contributed by atoms with E-state index in [4.69, 9.17) is 20.0 Å². The number of aliphatic carboxylic acids is 1. The fourth-order valence-electron chi connectivity index (χ4n) is 3.31. The molecule has 0 saturated heterocycles. The van der Waals surface area contributed by atoms with Crippen LogP contribution in [0.25, 0.3) is 22.2 Å². The van der Waals surface area contributed by atoms with Gasteiger partial charge in [0.1, 0.15) is 17.9 Å². The number of rotatable bonds is 7. The molecular weight excluding hydrogens is 368 g/mol. The molecule has 1 aromatic heterocycles. The molecule has 6 nitrogen and oxygen atoms in total. The fourth-order valence-corrected chi connectivity index (χ4v) is 3.31. The van der Waals surface area contributed by atoms with Crippen LogP contribution in [0.5, 0.6) is 5.75 Å². The summed E-state index contributed by atoms with van der Waals surface area (Å²) in [5.74, 6) is -0.339. The molecule has 6 heteroatoms. The molecule has 146 valence electrons. The van der Waals surface area contributed by atoms with Crippen LogP contribution in [0.3, 0.4) is 0 Å². The van der Waals surface area contributed by atoms with Gasteiger partial charge in [0.2, 0.25) is 0 Å². The Morgan fingerprint density at radius 1 is 1.07 bits per heavy atom. The van der Waals surface area contributed by atoms with Gasteiger partial charge in [0.05, 0.1) is 6.42 Å². The van der Waals surface area contributed by atoms with Gasteiger partial charge in [0.15, 0.2) is 12.0 Å². The molecule has 4 aromatic rings. The van der Waals surface area contributed by atoms with E-state index in [1.165, 1.54) is 6.39 Å². The van der Waals surface area contributed by atoms with Gasteiger partial charge in [-0.1, -0.05) is 36.4 Å². The second-order valence-electron chi connectivity index (χ2n) is 6.72. The molecule has 3 N–H and O–H groups in total. The fraction of sp³-hybridized carbons (Fsp3) is 0.130. The van der Waals surface area contributed by atoms with E-state index in [0.717, 1.165) is 27.8 Å². The minimum atomic E-state index is -0.896. The first-order valence-electron chi connectivity index (χ1n) is 9.22. The summed E-state index contributed by atoms with van der Waals surface area (Å²) in [6.07, 6.45) is 1.34. The van der Waals surface area contributed by atoms with E-state index in [1.807, 2.05) is 42.5 Å². The van der Waals surface area contributed by atoms with E-state index < -0.39 is 5.97 Å². The zero-order chi connectivity index (χ0) is 20.2. The lowest BCUT2D eigenvalue weighted by Gasteiger charge is -2.12. The average Bonchev–Trinajstić information content (AvgIpc) is 3.21. The highest BCUT2D eigenvalue weighted by Gasteiger charge is 2.13. The van der Waals surface area contributed by atoms with Crippen LogP contribution in [0.15, 0.2) is 71.5 Å². The van der Waals surface area contributed by atoms with E-state index in [1.54, 1.807) is 18.2 Å². The van der Waals surface area contributed by atoms with Crippen molar-refractivity contribution in [3.8, 4) is 16.9 Å². The molecular formula is C23H20N2O4. The number of nitrogens with zero attached hydrogens (tertiary/aromatic N) is 1. The van der Waals surface area contributed by atoms with Crippen LogP contribution >= 0.6 is 0 Å². The van der Waals surface area contributed by atoms with Gasteiger partial charge in [-0.15, -0.1) is 0 Å². The highest BCUT2D eigenvalue weighted by Crippen LogP contribution is 2.31. The zero-order valence-electron chi connectivity index (χ0n) is 15.7. The van der Waals surface area contributed by atoms with Gasteiger partial charge in [-0.05, 0) is 41.0 Å². The van der Waals surface area contributed by atoms with Gasteiger partial charge in [0.25, 0.3) is 0 Å². The number of nitrogens with two attached hydrogens (primary N) is 1. The summed E-state index contributed by atoms with van der Waals surface area (Å²) >= 11 is 0. The van der Waals surface area contributed by atoms with Crippen LogP contribution in [0.4, 0.5) is 0 Å². The van der Waals surface area contributed by atoms with Gasteiger partial charge in [-0.3, -0.25) is 4.79 Å². The molecule has 0 aliphatic heterocycles. The molecule has 4 rings (SSSR count). The van der Waals surface area contributed by atoms with E-state index in [9.17, 15) is 4.79 Å². The van der Waals surface area contributed by atoms with Crippen molar-refractivity contribution in [2.24, 2.45) is 5.73 Å². The monoisotopic (exact) mass is 388 g/mol. The summed E-state index contributed by atoms with van der Waals surface area (Å²) in [5.41, 5.74) is 11.7. The van der Waals surface area contributed by atoms with E-state index >= 15 is 0 Å². The largest absolute Gasteiger partial charge is 0.489 e. The molecule has 0 atom stereocenters. The van der Waals surface area contributed by atoms with Gasteiger partial charge in [0, 0.05) is 17.7 Å². The van der Waals surface area contributed by atoms with E-state index in [2.05, 4.69) is 4.98 Å². The minimum absolute atomic E-state index is 0.0877. The highest BCUT2D eigenvalue weighted by molar-refractivity contribution is 5.91.